The van der Waals surface area contributed by atoms with Crippen molar-refractivity contribution in [1.29, 1.82) is 0 Å². The van der Waals surface area contributed by atoms with Crippen LogP contribution in [0.2, 0.25) is 0 Å². The minimum Gasteiger partial charge on any atom is -0.341 e. The molecule has 1 aliphatic rings. The fourth-order valence-corrected chi connectivity index (χ4v) is 2.28. The summed E-state index contributed by atoms with van der Waals surface area (Å²) < 4.78 is 0. The van der Waals surface area contributed by atoms with Gasteiger partial charge < -0.3 is 10.6 Å². The molecule has 0 aromatic rings. The average Bonchev–Trinajstić information content (AvgIpc) is 2.15. The number of nitrogens with zero attached hydrogens (tertiary/aromatic N) is 1. The molecule has 0 unspecified atom stereocenters. The van der Waals surface area contributed by atoms with Crippen molar-refractivity contribution in [1.82, 2.24) is 4.90 Å². The molecule has 88 valence electrons. The maximum atomic E-state index is 12.0. The van der Waals surface area contributed by atoms with Crippen molar-refractivity contribution in [3.05, 3.63) is 0 Å². The largest absolute Gasteiger partial charge is 0.341 e. The van der Waals surface area contributed by atoms with Gasteiger partial charge >= 0.3 is 0 Å². The maximum Gasteiger partial charge on any atom is 0.239 e. The van der Waals surface area contributed by atoms with E-state index < -0.39 is 0 Å². The summed E-state index contributed by atoms with van der Waals surface area (Å²) in [5, 5.41) is 0. The van der Waals surface area contributed by atoms with E-state index in [9.17, 15) is 4.79 Å². The van der Waals surface area contributed by atoms with Gasteiger partial charge in [0.05, 0.1) is 6.04 Å². The van der Waals surface area contributed by atoms with Gasteiger partial charge in [0.25, 0.3) is 0 Å². The van der Waals surface area contributed by atoms with Crippen LogP contribution in [0.25, 0.3) is 0 Å². The van der Waals surface area contributed by atoms with E-state index in [1.807, 2.05) is 4.90 Å². The summed E-state index contributed by atoms with van der Waals surface area (Å²) in [7, 11) is 0. The molecule has 0 aromatic heterocycles. The monoisotopic (exact) mass is 212 g/mol. The number of carbonyl (C=O) groups excluding carboxylic acids is 1. The van der Waals surface area contributed by atoms with E-state index in [1.165, 1.54) is 6.42 Å². The molecule has 1 rings (SSSR count). The number of hydrogen-bond acceptors (Lipinski definition) is 2. The topological polar surface area (TPSA) is 46.3 Å². The molecule has 1 fully saturated rings. The zero-order valence-electron chi connectivity index (χ0n) is 10.3. The molecule has 1 aliphatic heterocycles. The van der Waals surface area contributed by atoms with Gasteiger partial charge in [-0.3, -0.25) is 4.79 Å². The Morgan fingerprint density at radius 1 is 1.53 bits per heavy atom. The highest BCUT2D eigenvalue weighted by Crippen LogP contribution is 2.28. The van der Waals surface area contributed by atoms with Gasteiger partial charge in [0.15, 0.2) is 0 Å². The van der Waals surface area contributed by atoms with E-state index >= 15 is 0 Å². The van der Waals surface area contributed by atoms with Crippen LogP contribution in [0.15, 0.2) is 0 Å². The molecule has 3 nitrogen and oxygen atoms in total. The molecule has 0 bridgehead atoms. The molecule has 1 amide bonds. The van der Waals surface area contributed by atoms with Crippen LogP contribution in [0.1, 0.15) is 46.5 Å². The highest BCUT2D eigenvalue weighted by Gasteiger charge is 2.30. The van der Waals surface area contributed by atoms with Crippen molar-refractivity contribution in [3.8, 4) is 0 Å². The van der Waals surface area contributed by atoms with E-state index in [2.05, 4.69) is 20.8 Å². The van der Waals surface area contributed by atoms with Crippen LogP contribution < -0.4 is 5.73 Å². The third-order valence-electron chi connectivity index (χ3n) is 3.13. The van der Waals surface area contributed by atoms with Crippen LogP contribution in [0, 0.1) is 5.41 Å². The predicted molar refractivity (Wildman–Crippen MR) is 62.5 cm³/mol. The summed E-state index contributed by atoms with van der Waals surface area (Å²) in [6.45, 7) is 8.26. The second-order valence-electron chi connectivity index (χ2n) is 5.42. The molecule has 1 saturated heterocycles. The lowest BCUT2D eigenvalue weighted by Gasteiger charge is -2.39. The summed E-state index contributed by atoms with van der Waals surface area (Å²) in [6, 6.07) is -0.288. The number of carbonyl (C=O) groups is 1. The fraction of sp³-hybridized carbons (Fsp3) is 0.917. The molecule has 0 spiro atoms. The van der Waals surface area contributed by atoms with Crippen LogP contribution in [0.5, 0.6) is 0 Å². The SMILES string of the molecule is CCC[C@H](N)C(=O)N1CCCC(C)(C)C1. The highest BCUT2D eigenvalue weighted by molar-refractivity contribution is 5.81. The van der Waals surface area contributed by atoms with E-state index in [0.717, 1.165) is 32.4 Å². The number of piperidine rings is 1. The molecule has 1 heterocycles. The predicted octanol–water partition coefficient (Wildman–Crippen LogP) is 1.76. The van der Waals surface area contributed by atoms with Crippen LogP contribution in [-0.4, -0.2) is 29.9 Å². The molecular weight excluding hydrogens is 188 g/mol. The van der Waals surface area contributed by atoms with Gasteiger partial charge in [0.2, 0.25) is 5.91 Å². The summed E-state index contributed by atoms with van der Waals surface area (Å²) >= 11 is 0. The first-order valence-electron chi connectivity index (χ1n) is 6.00. The number of likely N-dealkylation sites (tertiary alicyclic amines) is 1. The van der Waals surface area contributed by atoms with Gasteiger partial charge in [-0.1, -0.05) is 27.2 Å². The van der Waals surface area contributed by atoms with Crippen molar-refractivity contribution < 1.29 is 4.79 Å². The average molecular weight is 212 g/mol. The van der Waals surface area contributed by atoms with Gasteiger partial charge in [-0.2, -0.15) is 0 Å². The second-order valence-corrected chi connectivity index (χ2v) is 5.42. The molecule has 1 atom stereocenters. The lowest BCUT2D eigenvalue weighted by molar-refractivity contribution is -0.135. The summed E-state index contributed by atoms with van der Waals surface area (Å²) in [4.78, 5) is 13.9. The summed E-state index contributed by atoms with van der Waals surface area (Å²) in [5.74, 6) is 0.143. The lowest BCUT2D eigenvalue weighted by atomic mass is 9.84. The Hall–Kier alpha value is -0.570. The third-order valence-corrected chi connectivity index (χ3v) is 3.13. The minimum atomic E-state index is -0.288. The van der Waals surface area contributed by atoms with Crippen LogP contribution in [0.3, 0.4) is 0 Å². The van der Waals surface area contributed by atoms with Gasteiger partial charge in [-0.05, 0) is 24.7 Å². The molecular formula is C12H24N2O. The minimum absolute atomic E-state index is 0.143. The molecule has 15 heavy (non-hydrogen) atoms. The van der Waals surface area contributed by atoms with E-state index in [-0.39, 0.29) is 17.4 Å². The third kappa shape index (κ3) is 3.49. The Bertz CT molecular complexity index is 226. The summed E-state index contributed by atoms with van der Waals surface area (Å²) in [6.07, 6.45) is 4.09. The molecule has 0 aliphatic carbocycles. The van der Waals surface area contributed by atoms with Crippen molar-refractivity contribution in [2.24, 2.45) is 11.1 Å². The fourth-order valence-electron chi connectivity index (χ4n) is 2.28. The van der Waals surface area contributed by atoms with E-state index in [1.54, 1.807) is 0 Å². The Morgan fingerprint density at radius 3 is 2.73 bits per heavy atom. The zero-order valence-corrected chi connectivity index (χ0v) is 10.3. The van der Waals surface area contributed by atoms with E-state index in [0.29, 0.717) is 0 Å². The normalized spacial score (nSPS) is 22.5. The Balaban J connectivity index is 2.52. The van der Waals surface area contributed by atoms with Gasteiger partial charge in [0, 0.05) is 13.1 Å². The molecule has 0 aromatic carbocycles. The van der Waals surface area contributed by atoms with Crippen molar-refractivity contribution in [2.45, 2.75) is 52.5 Å². The molecule has 0 saturated carbocycles. The molecule has 2 N–H and O–H groups in total. The summed E-state index contributed by atoms with van der Waals surface area (Å²) in [5.41, 5.74) is 6.12. The Kier molecular flexibility index (Phi) is 4.14. The second kappa shape index (κ2) is 4.97. The lowest BCUT2D eigenvalue weighted by Crippen LogP contribution is -2.50. The van der Waals surface area contributed by atoms with Crippen molar-refractivity contribution >= 4 is 5.91 Å². The van der Waals surface area contributed by atoms with Crippen molar-refractivity contribution in [2.75, 3.05) is 13.1 Å². The van der Waals surface area contributed by atoms with Crippen LogP contribution in [0.4, 0.5) is 0 Å². The van der Waals surface area contributed by atoms with Gasteiger partial charge in [0.1, 0.15) is 0 Å². The maximum absolute atomic E-state index is 12.0. The number of nitrogens with two attached hydrogens (primary N) is 1. The first-order chi connectivity index (χ1) is 6.96. The quantitative estimate of drug-likeness (QED) is 0.775. The number of amides is 1. The number of hydrogen-bond donors (Lipinski definition) is 1. The molecule has 3 heteroatoms. The van der Waals surface area contributed by atoms with Crippen molar-refractivity contribution in [3.63, 3.8) is 0 Å². The zero-order chi connectivity index (χ0) is 11.5. The standard InChI is InChI=1S/C12H24N2O/c1-4-6-10(13)11(15)14-8-5-7-12(2,3)9-14/h10H,4-9,13H2,1-3H3/t10-/m0/s1. The smallest absolute Gasteiger partial charge is 0.239 e. The van der Waals surface area contributed by atoms with Crippen LogP contribution >= 0.6 is 0 Å². The first-order valence-corrected chi connectivity index (χ1v) is 6.00. The van der Waals surface area contributed by atoms with Gasteiger partial charge in [-0.15, -0.1) is 0 Å². The van der Waals surface area contributed by atoms with E-state index in [4.69, 9.17) is 5.73 Å². The Morgan fingerprint density at radius 2 is 2.20 bits per heavy atom. The number of rotatable bonds is 3. The van der Waals surface area contributed by atoms with Crippen LogP contribution in [-0.2, 0) is 4.79 Å². The molecule has 0 radical (unpaired) electrons. The van der Waals surface area contributed by atoms with Gasteiger partial charge in [-0.25, -0.2) is 0 Å². The first kappa shape index (κ1) is 12.5. The highest BCUT2D eigenvalue weighted by atomic mass is 16.2. The Labute approximate surface area is 93.0 Å².